The summed E-state index contributed by atoms with van der Waals surface area (Å²) >= 11 is 0. The molecular weight excluding hydrogens is 312 g/mol. The van der Waals surface area contributed by atoms with Crippen LogP contribution in [0.5, 0.6) is 5.75 Å². The van der Waals surface area contributed by atoms with Crippen molar-refractivity contribution in [2.24, 2.45) is 0 Å². The van der Waals surface area contributed by atoms with Crippen molar-refractivity contribution in [1.82, 2.24) is 9.80 Å². The maximum atomic E-state index is 12.4. The van der Waals surface area contributed by atoms with Gasteiger partial charge < -0.3 is 14.4 Å². The molecule has 0 spiro atoms. The van der Waals surface area contributed by atoms with E-state index in [1.54, 1.807) is 12.0 Å². The van der Waals surface area contributed by atoms with Crippen molar-refractivity contribution in [2.45, 2.75) is 25.3 Å². The fourth-order valence-corrected chi connectivity index (χ4v) is 3.16. The third-order valence-electron chi connectivity index (χ3n) is 4.46. The summed E-state index contributed by atoms with van der Waals surface area (Å²) in [5.41, 5.74) is 0.903. The summed E-state index contributed by atoms with van der Waals surface area (Å²) in [6.45, 7) is 0.892. The number of likely N-dealkylation sites (tertiary alicyclic amines) is 1. The Morgan fingerprint density at radius 2 is 2.04 bits per heavy atom. The number of nitrogens with zero attached hydrogens (tertiary/aromatic N) is 2. The Morgan fingerprint density at radius 3 is 2.67 bits per heavy atom. The van der Waals surface area contributed by atoms with Gasteiger partial charge in [0.1, 0.15) is 5.75 Å². The largest absolute Gasteiger partial charge is 0.497 e. The first-order valence-electron chi connectivity index (χ1n) is 7.98. The second-order valence-corrected chi connectivity index (χ2v) is 5.96. The number of rotatable bonds is 4. The lowest BCUT2D eigenvalue weighted by atomic mass is 10.0. The lowest BCUT2D eigenvalue weighted by Crippen LogP contribution is -2.48. The zero-order valence-electron chi connectivity index (χ0n) is 13.6. The summed E-state index contributed by atoms with van der Waals surface area (Å²) in [6.07, 6.45) is 0.920. The number of piperidine rings is 1. The lowest BCUT2D eigenvalue weighted by Gasteiger charge is -2.34. The minimum atomic E-state index is -0.568. The maximum Gasteiger partial charge on any atom is 0.417 e. The van der Waals surface area contributed by atoms with E-state index in [4.69, 9.17) is 9.47 Å². The van der Waals surface area contributed by atoms with Gasteiger partial charge in [0.15, 0.2) is 6.61 Å². The van der Waals surface area contributed by atoms with E-state index in [9.17, 15) is 14.4 Å². The van der Waals surface area contributed by atoms with Crippen molar-refractivity contribution in [3.8, 4) is 5.75 Å². The van der Waals surface area contributed by atoms with Gasteiger partial charge in [0.05, 0.1) is 13.5 Å². The summed E-state index contributed by atoms with van der Waals surface area (Å²) in [4.78, 5) is 38.7. The molecule has 3 rings (SSSR count). The van der Waals surface area contributed by atoms with Crippen molar-refractivity contribution >= 4 is 17.9 Å². The predicted molar refractivity (Wildman–Crippen MR) is 84.5 cm³/mol. The van der Waals surface area contributed by atoms with Crippen LogP contribution in [0.1, 0.15) is 18.4 Å². The molecule has 0 bridgehead atoms. The summed E-state index contributed by atoms with van der Waals surface area (Å²) in [5, 5.41) is 0. The number of benzene rings is 1. The van der Waals surface area contributed by atoms with E-state index in [1.807, 2.05) is 24.3 Å². The van der Waals surface area contributed by atoms with Crippen LogP contribution in [-0.4, -0.2) is 60.6 Å². The fourth-order valence-electron chi connectivity index (χ4n) is 3.16. The molecule has 0 radical (unpaired) electrons. The number of ether oxygens (including phenoxy) is 2. The highest BCUT2D eigenvalue weighted by Crippen LogP contribution is 2.21. The molecular formula is C17H20N2O5. The van der Waals surface area contributed by atoms with E-state index < -0.39 is 6.09 Å². The van der Waals surface area contributed by atoms with Gasteiger partial charge in [-0.2, -0.15) is 0 Å². The second kappa shape index (κ2) is 6.90. The number of hydrogen-bond acceptors (Lipinski definition) is 5. The molecule has 0 saturated carbocycles. The number of methoxy groups -OCH3 is 1. The minimum absolute atomic E-state index is 0.0389. The highest BCUT2D eigenvalue weighted by Gasteiger charge is 2.38. The van der Waals surface area contributed by atoms with Crippen LogP contribution in [-0.2, 0) is 20.7 Å². The van der Waals surface area contributed by atoms with Crippen LogP contribution < -0.4 is 4.74 Å². The normalized spacial score (nSPS) is 18.7. The van der Waals surface area contributed by atoms with Crippen molar-refractivity contribution < 1.29 is 23.9 Å². The first-order chi connectivity index (χ1) is 11.6. The third kappa shape index (κ3) is 3.34. The van der Waals surface area contributed by atoms with Gasteiger partial charge in [-0.3, -0.25) is 9.59 Å². The zero-order chi connectivity index (χ0) is 17.1. The quantitative estimate of drug-likeness (QED) is 0.828. The van der Waals surface area contributed by atoms with Gasteiger partial charge in [0.2, 0.25) is 5.91 Å². The van der Waals surface area contributed by atoms with E-state index in [1.165, 1.54) is 4.90 Å². The molecule has 2 heterocycles. The summed E-state index contributed by atoms with van der Waals surface area (Å²) in [6, 6.07) is 7.27. The Balaban J connectivity index is 1.55. The molecule has 3 amide bonds. The van der Waals surface area contributed by atoms with Gasteiger partial charge in [0, 0.05) is 19.1 Å². The number of imide groups is 1. The molecule has 0 atom stereocenters. The van der Waals surface area contributed by atoms with Crippen molar-refractivity contribution in [1.29, 1.82) is 0 Å². The Hall–Kier alpha value is -2.57. The van der Waals surface area contributed by atoms with E-state index in [-0.39, 0.29) is 24.5 Å². The van der Waals surface area contributed by atoms with E-state index in [2.05, 4.69) is 0 Å². The summed E-state index contributed by atoms with van der Waals surface area (Å²) in [5.74, 6) is 0.475. The van der Waals surface area contributed by atoms with E-state index in [0.717, 1.165) is 11.3 Å². The van der Waals surface area contributed by atoms with Crippen molar-refractivity contribution in [2.75, 3.05) is 26.8 Å². The van der Waals surface area contributed by atoms with Gasteiger partial charge in [-0.15, -0.1) is 0 Å². The van der Waals surface area contributed by atoms with Crippen LogP contribution in [0.25, 0.3) is 0 Å². The fraction of sp³-hybridized carbons (Fsp3) is 0.471. The maximum absolute atomic E-state index is 12.4. The Bertz CT molecular complexity index is 636. The first kappa shape index (κ1) is 16.3. The SMILES string of the molecule is COc1cccc(CC(=O)N2CCC(N3C(=O)COC3=O)CC2)c1. The van der Waals surface area contributed by atoms with E-state index in [0.29, 0.717) is 32.4 Å². The molecule has 24 heavy (non-hydrogen) atoms. The lowest BCUT2D eigenvalue weighted by molar-refractivity contribution is -0.132. The van der Waals surface area contributed by atoms with Crippen LogP contribution in [0.2, 0.25) is 0 Å². The molecule has 7 heteroatoms. The molecule has 0 N–H and O–H groups in total. The van der Waals surface area contributed by atoms with Crippen LogP contribution in [0.3, 0.4) is 0 Å². The molecule has 1 aromatic carbocycles. The van der Waals surface area contributed by atoms with Crippen molar-refractivity contribution in [3.63, 3.8) is 0 Å². The smallest absolute Gasteiger partial charge is 0.417 e. The Labute approximate surface area is 140 Å². The highest BCUT2D eigenvalue weighted by atomic mass is 16.6. The number of carbonyl (C=O) groups is 3. The Morgan fingerprint density at radius 1 is 1.29 bits per heavy atom. The van der Waals surface area contributed by atoms with Crippen LogP contribution >= 0.6 is 0 Å². The predicted octanol–water partition coefficient (Wildman–Crippen LogP) is 1.21. The molecule has 2 aliphatic rings. The van der Waals surface area contributed by atoms with Gasteiger partial charge in [-0.05, 0) is 30.5 Å². The Kier molecular flexibility index (Phi) is 4.69. The van der Waals surface area contributed by atoms with Crippen molar-refractivity contribution in [3.05, 3.63) is 29.8 Å². The molecule has 0 unspecified atom stereocenters. The van der Waals surface area contributed by atoms with Gasteiger partial charge in [-0.25, -0.2) is 9.69 Å². The summed E-state index contributed by atoms with van der Waals surface area (Å²) < 4.78 is 9.92. The third-order valence-corrected chi connectivity index (χ3v) is 4.46. The topological polar surface area (TPSA) is 76.2 Å². The van der Waals surface area contributed by atoms with Gasteiger partial charge in [0.25, 0.3) is 5.91 Å². The minimum Gasteiger partial charge on any atom is -0.497 e. The zero-order valence-corrected chi connectivity index (χ0v) is 13.6. The number of hydrogen-bond donors (Lipinski definition) is 0. The monoisotopic (exact) mass is 332 g/mol. The molecule has 2 aliphatic heterocycles. The molecule has 128 valence electrons. The standard InChI is InChI=1S/C17H20N2O5/c1-23-14-4-2-3-12(9-14)10-15(20)18-7-5-13(6-8-18)19-16(21)11-24-17(19)22/h2-4,9,13H,5-8,10-11H2,1H3. The van der Waals surface area contributed by atoms with Crippen LogP contribution in [0, 0.1) is 0 Å². The first-order valence-corrected chi connectivity index (χ1v) is 7.98. The molecule has 0 aromatic heterocycles. The molecule has 2 saturated heterocycles. The van der Waals surface area contributed by atoms with Crippen LogP contribution in [0.15, 0.2) is 24.3 Å². The summed E-state index contributed by atoms with van der Waals surface area (Å²) in [7, 11) is 1.59. The molecule has 2 fully saturated rings. The molecule has 7 nitrogen and oxygen atoms in total. The number of carbonyl (C=O) groups excluding carboxylic acids is 3. The number of cyclic esters (lactones) is 1. The molecule has 1 aromatic rings. The van der Waals surface area contributed by atoms with E-state index >= 15 is 0 Å². The molecule has 0 aliphatic carbocycles. The average molecular weight is 332 g/mol. The highest BCUT2D eigenvalue weighted by molar-refractivity contribution is 5.98. The average Bonchev–Trinajstić information content (AvgIpc) is 2.94. The van der Waals surface area contributed by atoms with Gasteiger partial charge >= 0.3 is 6.09 Å². The number of amides is 3. The van der Waals surface area contributed by atoms with Crippen LogP contribution in [0.4, 0.5) is 4.79 Å². The van der Waals surface area contributed by atoms with Gasteiger partial charge in [-0.1, -0.05) is 12.1 Å². The second-order valence-electron chi connectivity index (χ2n) is 5.96.